The summed E-state index contributed by atoms with van der Waals surface area (Å²) < 4.78 is 0. The fourth-order valence-electron chi connectivity index (χ4n) is 2.05. The molecule has 1 rings (SSSR count). The monoisotopic (exact) mass is 334 g/mol. The first-order valence-corrected chi connectivity index (χ1v) is 8.24. The summed E-state index contributed by atoms with van der Waals surface area (Å²) >= 11 is 0. The van der Waals surface area contributed by atoms with Crippen LogP contribution < -0.4 is 5.32 Å². The summed E-state index contributed by atoms with van der Waals surface area (Å²) in [5.41, 5.74) is 0.450. The molecular weight excluding hydrogens is 304 g/mol. The third kappa shape index (κ3) is 6.66. The zero-order valence-electron chi connectivity index (χ0n) is 15.7. The van der Waals surface area contributed by atoms with Gasteiger partial charge in [-0.2, -0.15) is 0 Å². The molecule has 24 heavy (non-hydrogen) atoms. The van der Waals surface area contributed by atoms with E-state index < -0.39 is 11.5 Å². The SMILES string of the molecule is CC(NC(=O)C(C)(C)C)C(=O)N(CCN(C)C)Cc1cccnc1. The predicted octanol–water partition coefficient (Wildman–Crippen LogP) is 1.52. The molecule has 0 aliphatic rings. The summed E-state index contributed by atoms with van der Waals surface area (Å²) in [6, 6.07) is 3.24. The lowest BCUT2D eigenvalue weighted by molar-refractivity contribution is -0.138. The van der Waals surface area contributed by atoms with Crippen molar-refractivity contribution in [3.8, 4) is 0 Å². The van der Waals surface area contributed by atoms with Gasteiger partial charge in [-0.15, -0.1) is 0 Å². The van der Waals surface area contributed by atoms with Crippen molar-refractivity contribution in [1.82, 2.24) is 20.1 Å². The molecule has 0 bridgehead atoms. The molecule has 1 unspecified atom stereocenters. The Kier molecular flexibility index (Phi) is 7.35. The van der Waals surface area contributed by atoms with Crippen LogP contribution in [0.3, 0.4) is 0 Å². The second-order valence-corrected chi connectivity index (χ2v) is 7.37. The third-order valence-electron chi connectivity index (χ3n) is 3.62. The largest absolute Gasteiger partial charge is 0.344 e. The summed E-state index contributed by atoms with van der Waals surface area (Å²) in [6.45, 7) is 9.06. The van der Waals surface area contributed by atoms with Gasteiger partial charge in [-0.25, -0.2) is 0 Å². The highest BCUT2D eigenvalue weighted by molar-refractivity contribution is 5.89. The van der Waals surface area contributed by atoms with E-state index in [-0.39, 0.29) is 11.8 Å². The zero-order chi connectivity index (χ0) is 18.3. The summed E-state index contributed by atoms with van der Waals surface area (Å²) in [7, 11) is 3.94. The number of nitrogens with one attached hydrogen (secondary N) is 1. The lowest BCUT2D eigenvalue weighted by Crippen LogP contribution is -2.50. The minimum atomic E-state index is -0.560. The van der Waals surface area contributed by atoms with Gasteiger partial charge >= 0.3 is 0 Å². The molecule has 6 heteroatoms. The van der Waals surface area contributed by atoms with E-state index in [9.17, 15) is 9.59 Å². The van der Waals surface area contributed by atoms with Gasteiger partial charge in [0.05, 0.1) is 0 Å². The van der Waals surface area contributed by atoms with Crippen LogP contribution in [0, 0.1) is 5.41 Å². The number of rotatable bonds is 7. The van der Waals surface area contributed by atoms with Crippen molar-refractivity contribution < 1.29 is 9.59 Å². The normalized spacial score (nSPS) is 12.8. The van der Waals surface area contributed by atoms with Crippen LogP contribution in [0.5, 0.6) is 0 Å². The minimum absolute atomic E-state index is 0.0849. The Labute approximate surface area is 145 Å². The van der Waals surface area contributed by atoms with Crippen molar-refractivity contribution in [3.05, 3.63) is 30.1 Å². The lowest BCUT2D eigenvalue weighted by atomic mass is 9.95. The second kappa shape index (κ2) is 8.78. The van der Waals surface area contributed by atoms with E-state index >= 15 is 0 Å². The average Bonchev–Trinajstić information content (AvgIpc) is 2.50. The first-order chi connectivity index (χ1) is 11.1. The quantitative estimate of drug-likeness (QED) is 0.821. The van der Waals surface area contributed by atoms with Crippen LogP contribution in [-0.2, 0) is 16.1 Å². The molecule has 0 saturated heterocycles. The van der Waals surface area contributed by atoms with Crippen LogP contribution in [-0.4, -0.2) is 59.8 Å². The number of pyridine rings is 1. The van der Waals surface area contributed by atoms with Gasteiger partial charge in [-0.05, 0) is 32.6 Å². The van der Waals surface area contributed by atoms with Gasteiger partial charge in [0, 0.05) is 37.4 Å². The third-order valence-corrected chi connectivity index (χ3v) is 3.62. The van der Waals surface area contributed by atoms with E-state index in [4.69, 9.17) is 0 Å². The number of carbonyl (C=O) groups is 2. The molecule has 1 heterocycles. The van der Waals surface area contributed by atoms with Crippen molar-refractivity contribution in [2.24, 2.45) is 5.41 Å². The Hall–Kier alpha value is -1.95. The Bertz CT molecular complexity index is 538. The van der Waals surface area contributed by atoms with Crippen LogP contribution >= 0.6 is 0 Å². The van der Waals surface area contributed by atoms with Gasteiger partial charge in [-0.1, -0.05) is 26.8 Å². The van der Waals surface area contributed by atoms with Crippen molar-refractivity contribution in [2.75, 3.05) is 27.2 Å². The van der Waals surface area contributed by atoms with Crippen molar-refractivity contribution in [1.29, 1.82) is 0 Å². The second-order valence-electron chi connectivity index (χ2n) is 7.37. The van der Waals surface area contributed by atoms with Crippen molar-refractivity contribution >= 4 is 11.8 Å². The maximum Gasteiger partial charge on any atom is 0.245 e. The van der Waals surface area contributed by atoms with Gasteiger partial charge in [0.1, 0.15) is 6.04 Å². The van der Waals surface area contributed by atoms with E-state index in [0.717, 1.165) is 12.1 Å². The number of hydrogen-bond acceptors (Lipinski definition) is 4. The Morgan fingerprint density at radius 2 is 1.92 bits per heavy atom. The molecule has 0 aliphatic carbocycles. The van der Waals surface area contributed by atoms with Gasteiger partial charge in [0.2, 0.25) is 11.8 Å². The molecule has 1 aromatic rings. The van der Waals surface area contributed by atoms with E-state index in [1.165, 1.54) is 0 Å². The molecule has 0 saturated carbocycles. The molecule has 0 radical (unpaired) electrons. The van der Waals surface area contributed by atoms with Gasteiger partial charge in [0.25, 0.3) is 0 Å². The first-order valence-electron chi connectivity index (χ1n) is 8.24. The van der Waals surface area contributed by atoms with Gasteiger partial charge in [-0.3, -0.25) is 14.6 Å². The maximum atomic E-state index is 12.8. The van der Waals surface area contributed by atoms with E-state index in [0.29, 0.717) is 13.1 Å². The summed E-state index contributed by atoms with van der Waals surface area (Å²) in [5.74, 6) is -0.212. The molecular formula is C18H30N4O2. The van der Waals surface area contributed by atoms with E-state index in [1.54, 1.807) is 24.2 Å². The molecule has 0 spiro atoms. The molecule has 1 aromatic heterocycles. The van der Waals surface area contributed by atoms with Crippen LogP contribution in [0.2, 0.25) is 0 Å². The highest BCUT2D eigenvalue weighted by atomic mass is 16.2. The van der Waals surface area contributed by atoms with Gasteiger partial charge in [0.15, 0.2) is 0 Å². The Balaban J connectivity index is 2.80. The van der Waals surface area contributed by atoms with Crippen LogP contribution in [0.25, 0.3) is 0 Å². The highest BCUT2D eigenvalue weighted by Crippen LogP contribution is 2.13. The zero-order valence-corrected chi connectivity index (χ0v) is 15.7. The molecule has 6 nitrogen and oxygen atoms in total. The Morgan fingerprint density at radius 1 is 1.25 bits per heavy atom. The summed E-state index contributed by atoms with van der Waals surface area (Å²) in [5, 5.41) is 2.81. The number of aromatic nitrogens is 1. The topological polar surface area (TPSA) is 65.5 Å². The van der Waals surface area contributed by atoms with E-state index in [1.807, 2.05) is 51.9 Å². The number of nitrogens with zero attached hydrogens (tertiary/aromatic N) is 3. The average molecular weight is 334 g/mol. The number of likely N-dealkylation sites (N-methyl/N-ethyl adjacent to an activating group) is 1. The number of amides is 2. The molecule has 2 amide bonds. The van der Waals surface area contributed by atoms with Crippen LogP contribution in [0.4, 0.5) is 0 Å². The number of carbonyl (C=O) groups excluding carboxylic acids is 2. The fourth-order valence-corrected chi connectivity index (χ4v) is 2.05. The van der Waals surface area contributed by atoms with Crippen LogP contribution in [0.15, 0.2) is 24.5 Å². The van der Waals surface area contributed by atoms with Crippen molar-refractivity contribution in [3.63, 3.8) is 0 Å². The molecule has 0 fully saturated rings. The standard InChI is InChI=1S/C18H30N4O2/c1-14(20-17(24)18(2,3)4)16(23)22(11-10-21(5)6)13-15-8-7-9-19-12-15/h7-9,12,14H,10-11,13H2,1-6H3,(H,20,24). The first kappa shape index (κ1) is 20.1. The van der Waals surface area contributed by atoms with Crippen molar-refractivity contribution in [2.45, 2.75) is 40.3 Å². The van der Waals surface area contributed by atoms with Gasteiger partial charge < -0.3 is 15.1 Å². The molecule has 1 N–H and O–H groups in total. The van der Waals surface area contributed by atoms with Crippen LogP contribution in [0.1, 0.15) is 33.3 Å². The Morgan fingerprint density at radius 3 is 2.42 bits per heavy atom. The molecule has 1 atom stereocenters. The maximum absolute atomic E-state index is 12.8. The highest BCUT2D eigenvalue weighted by Gasteiger charge is 2.27. The predicted molar refractivity (Wildman–Crippen MR) is 95.3 cm³/mol. The molecule has 0 aliphatic heterocycles. The smallest absolute Gasteiger partial charge is 0.245 e. The lowest BCUT2D eigenvalue weighted by Gasteiger charge is -2.29. The number of hydrogen-bond donors (Lipinski definition) is 1. The minimum Gasteiger partial charge on any atom is -0.344 e. The summed E-state index contributed by atoms with van der Waals surface area (Å²) in [4.78, 5) is 32.8. The van der Waals surface area contributed by atoms with E-state index in [2.05, 4.69) is 10.3 Å². The molecule has 134 valence electrons. The fraction of sp³-hybridized carbons (Fsp3) is 0.611. The molecule has 0 aromatic carbocycles. The summed E-state index contributed by atoms with van der Waals surface area (Å²) in [6.07, 6.45) is 3.47.